The Morgan fingerprint density at radius 1 is 1.16 bits per heavy atom. The molecule has 0 spiro atoms. The van der Waals surface area contributed by atoms with Crippen LogP contribution in [0, 0.1) is 5.92 Å². The second kappa shape index (κ2) is 16.6. The lowest BCUT2D eigenvalue weighted by Gasteiger charge is -2.39. The number of hydrogen-bond donors (Lipinski definition) is 4. The van der Waals surface area contributed by atoms with Gasteiger partial charge in [-0.1, -0.05) is 81.5 Å². The topological polar surface area (TPSA) is 93.5 Å². The predicted molar refractivity (Wildman–Crippen MR) is 171 cm³/mol. The van der Waals surface area contributed by atoms with Crippen molar-refractivity contribution in [3.63, 3.8) is 0 Å². The highest BCUT2D eigenvalue weighted by Crippen LogP contribution is 2.25. The third kappa shape index (κ3) is 10.2. The molecular weight excluding hydrogens is 550 g/mol. The number of allylic oxidation sites excluding steroid dienone is 3. The maximum Gasteiger partial charge on any atom is 0.301 e. The number of aliphatic imine (C=N–C) groups is 2. The van der Waals surface area contributed by atoms with Crippen LogP contribution in [0.3, 0.4) is 0 Å². The van der Waals surface area contributed by atoms with Crippen molar-refractivity contribution in [2.45, 2.75) is 90.5 Å². The van der Waals surface area contributed by atoms with Crippen LogP contribution in [0.25, 0.3) is 0 Å². The van der Waals surface area contributed by atoms with Gasteiger partial charge in [-0.25, -0.2) is 4.99 Å². The van der Waals surface area contributed by atoms with Gasteiger partial charge in [-0.15, -0.1) is 0 Å². The highest BCUT2D eigenvalue weighted by Gasteiger charge is 2.33. The summed E-state index contributed by atoms with van der Waals surface area (Å²) in [5.74, 6) is -2.88. The van der Waals surface area contributed by atoms with Gasteiger partial charge in [-0.3, -0.25) is 15.6 Å². The number of fused-ring (bicyclic) bond motifs is 2. The van der Waals surface area contributed by atoms with Gasteiger partial charge >= 0.3 is 5.92 Å². The molecule has 0 aromatic heterocycles. The molecule has 0 saturated heterocycles. The fourth-order valence-electron chi connectivity index (χ4n) is 5.24. The number of alkyl halides is 2. The Morgan fingerprint density at radius 2 is 1.88 bits per heavy atom. The van der Waals surface area contributed by atoms with Gasteiger partial charge in [0, 0.05) is 45.1 Å². The lowest BCUT2D eigenvalue weighted by molar-refractivity contribution is 0.0542. The van der Waals surface area contributed by atoms with Crippen molar-refractivity contribution < 1.29 is 18.6 Å². The van der Waals surface area contributed by atoms with Gasteiger partial charge in [0.2, 0.25) is 0 Å². The number of aliphatic hydroxyl groups is 1. The van der Waals surface area contributed by atoms with Crippen LogP contribution < -0.4 is 16.0 Å². The molecule has 0 saturated carbocycles. The summed E-state index contributed by atoms with van der Waals surface area (Å²) < 4.78 is 33.5. The molecule has 236 valence electrons. The fourth-order valence-corrected chi connectivity index (χ4v) is 5.24. The average molecular weight is 599 g/mol. The van der Waals surface area contributed by atoms with E-state index in [1.165, 1.54) is 6.20 Å². The molecule has 3 aliphatic rings. The Labute approximate surface area is 255 Å². The van der Waals surface area contributed by atoms with E-state index in [0.29, 0.717) is 31.0 Å². The molecule has 43 heavy (non-hydrogen) atoms. The van der Waals surface area contributed by atoms with Crippen molar-refractivity contribution in [3.05, 3.63) is 84.2 Å². The van der Waals surface area contributed by atoms with Crippen molar-refractivity contribution in [2.75, 3.05) is 13.7 Å². The van der Waals surface area contributed by atoms with Gasteiger partial charge in [0.25, 0.3) is 0 Å². The fraction of sp³-hybridized carbons (Fsp3) is 0.515. The summed E-state index contributed by atoms with van der Waals surface area (Å²) in [6.45, 7) is 9.67. The lowest BCUT2D eigenvalue weighted by atomic mass is 10.00. The van der Waals surface area contributed by atoms with Crippen LogP contribution in [0.2, 0.25) is 0 Å². The second-order valence-electron chi connectivity index (χ2n) is 10.8. The van der Waals surface area contributed by atoms with Crippen molar-refractivity contribution in [2.24, 2.45) is 15.9 Å². The van der Waals surface area contributed by atoms with E-state index in [0.717, 1.165) is 18.9 Å². The number of halogens is 2. The summed E-state index contributed by atoms with van der Waals surface area (Å²) in [6.07, 6.45) is 13.5. The van der Waals surface area contributed by atoms with Crippen molar-refractivity contribution in [3.8, 4) is 0 Å². The van der Waals surface area contributed by atoms with Crippen LogP contribution in [0.5, 0.6) is 0 Å². The Morgan fingerprint density at radius 3 is 2.58 bits per heavy atom. The van der Waals surface area contributed by atoms with Crippen molar-refractivity contribution >= 4 is 11.7 Å². The molecule has 6 unspecified atom stereocenters. The second-order valence-corrected chi connectivity index (χ2v) is 10.8. The molecule has 2 bridgehead atoms. The molecule has 0 radical (unpaired) electrons. The summed E-state index contributed by atoms with van der Waals surface area (Å²) in [5, 5.41) is 20.6. The van der Waals surface area contributed by atoms with Gasteiger partial charge in [0.1, 0.15) is 12.1 Å². The van der Waals surface area contributed by atoms with Crippen LogP contribution in [-0.2, 0) is 11.3 Å². The van der Waals surface area contributed by atoms with Crippen LogP contribution in [0.4, 0.5) is 8.78 Å². The largest absolute Gasteiger partial charge is 0.371 e. The van der Waals surface area contributed by atoms with Crippen LogP contribution in [-0.4, -0.2) is 71.8 Å². The zero-order chi connectivity index (χ0) is 31.4. The van der Waals surface area contributed by atoms with Gasteiger partial charge in [0.15, 0.2) is 12.1 Å². The number of methoxy groups -OCH3 is 1. The standard InChI is InChI=1S/C31H42F2N6O2.C2H6/c1-21-18-22(2)36-30(31(3,32)33)35-16-14-26(21)38-27(41-4)15-17-34-29(40)28-37-24-12-8-9-13-25(19-24)39(28)20-23-10-6-5-7-11-23;1-2/h5-14,16,18,21,24-27,29,34,38,40H,15,17,19-20H2,1-4H3,(H,35,36);1-2H3/b16-14+,22-18+;. The van der Waals surface area contributed by atoms with E-state index in [9.17, 15) is 13.9 Å². The van der Waals surface area contributed by atoms with E-state index in [4.69, 9.17) is 9.73 Å². The minimum Gasteiger partial charge on any atom is -0.371 e. The molecule has 0 amide bonds. The summed E-state index contributed by atoms with van der Waals surface area (Å²) in [7, 11) is 1.62. The first-order valence-electron chi connectivity index (χ1n) is 15.2. The smallest absolute Gasteiger partial charge is 0.301 e. The highest BCUT2D eigenvalue weighted by atomic mass is 19.3. The van der Waals surface area contributed by atoms with E-state index in [-0.39, 0.29) is 30.3 Å². The maximum absolute atomic E-state index is 13.9. The lowest BCUT2D eigenvalue weighted by Crippen LogP contribution is -2.53. The number of aliphatic hydroxyl groups excluding tert-OH is 1. The molecule has 8 nitrogen and oxygen atoms in total. The molecule has 10 heteroatoms. The minimum atomic E-state index is -3.08. The first kappa shape index (κ1) is 34.3. The molecule has 0 fully saturated rings. The number of amidine groups is 2. The summed E-state index contributed by atoms with van der Waals surface area (Å²) in [6, 6.07) is 10.1. The number of rotatable bonds is 11. The Kier molecular flexibility index (Phi) is 13.3. The van der Waals surface area contributed by atoms with Crippen molar-refractivity contribution in [1.82, 2.24) is 20.9 Å². The number of benzene rings is 1. The predicted octanol–water partition coefficient (Wildman–Crippen LogP) is 5.12. The van der Waals surface area contributed by atoms with Gasteiger partial charge < -0.3 is 20.1 Å². The van der Waals surface area contributed by atoms with Gasteiger partial charge in [-0.2, -0.15) is 8.78 Å². The molecule has 4 rings (SSSR count). The Hall–Kier alpha value is -3.18. The Balaban J connectivity index is 0.00000248. The van der Waals surface area contributed by atoms with Crippen LogP contribution >= 0.6 is 0 Å². The number of nitrogens with one attached hydrogen (secondary N) is 3. The molecule has 2 aliphatic heterocycles. The van der Waals surface area contributed by atoms with E-state index < -0.39 is 18.0 Å². The van der Waals surface area contributed by atoms with E-state index >= 15 is 0 Å². The molecule has 1 aromatic rings. The summed E-state index contributed by atoms with van der Waals surface area (Å²) in [5.41, 5.74) is 1.75. The van der Waals surface area contributed by atoms with Crippen LogP contribution in [0.15, 0.2) is 88.7 Å². The molecule has 2 heterocycles. The first-order chi connectivity index (χ1) is 20.6. The number of hydrogen-bond acceptors (Lipinski definition) is 8. The average Bonchev–Trinajstić information content (AvgIpc) is 3.14. The van der Waals surface area contributed by atoms with E-state index in [2.05, 4.69) is 56.2 Å². The van der Waals surface area contributed by atoms with E-state index in [1.54, 1.807) is 20.1 Å². The summed E-state index contributed by atoms with van der Waals surface area (Å²) >= 11 is 0. The first-order valence-corrected chi connectivity index (χ1v) is 15.2. The van der Waals surface area contributed by atoms with E-state index in [1.807, 2.05) is 51.1 Å². The minimum absolute atomic E-state index is 0.0142. The zero-order valence-electron chi connectivity index (χ0n) is 26.2. The zero-order valence-corrected chi connectivity index (χ0v) is 26.2. The molecule has 6 atom stereocenters. The molecule has 1 aromatic carbocycles. The molecule has 1 aliphatic carbocycles. The SMILES string of the molecule is CC.COC(CCNC(O)C1=NC2C=CC=CC(C2)N1Cc1ccccc1)NC1/C=C/N=C(C(C)(F)F)N/C(C)=C/C1C. The van der Waals surface area contributed by atoms with Crippen molar-refractivity contribution in [1.29, 1.82) is 0 Å². The number of ether oxygens (including phenoxy) is 1. The Bertz CT molecular complexity index is 1190. The normalized spacial score (nSPS) is 26.9. The molecule has 4 N–H and O–H groups in total. The molecular formula is C33H48F2N6O2. The van der Waals surface area contributed by atoms with Crippen LogP contribution in [0.1, 0.15) is 53.0 Å². The summed E-state index contributed by atoms with van der Waals surface area (Å²) in [4.78, 5) is 11.0. The maximum atomic E-state index is 13.9. The third-order valence-electron chi connectivity index (χ3n) is 7.41. The van der Waals surface area contributed by atoms with Gasteiger partial charge in [0.05, 0.1) is 12.1 Å². The van der Waals surface area contributed by atoms with Gasteiger partial charge in [-0.05, 0) is 37.3 Å². The monoisotopic (exact) mass is 598 g/mol. The third-order valence-corrected chi connectivity index (χ3v) is 7.41. The highest BCUT2D eigenvalue weighted by molar-refractivity contribution is 5.90. The quantitative estimate of drug-likeness (QED) is 0.264. The number of nitrogens with zero attached hydrogens (tertiary/aromatic N) is 3.